The minimum atomic E-state index is -3.91. The number of carbonyl (C=O) groups excluding carboxylic acids is 1. The average molecular weight is 476 g/mol. The summed E-state index contributed by atoms with van der Waals surface area (Å²) in [5, 5.41) is 3.70. The fourth-order valence-corrected chi connectivity index (χ4v) is 4.66. The monoisotopic (exact) mass is 475 g/mol. The molecule has 1 aliphatic heterocycles. The van der Waals surface area contributed by atoms with Gasteiger partial charge in [-0.15, -0.1) is 0 Å². The van der Waals surface area contributed by atoms with Crippen molar-refractivity contribution >= 4 is 38.2 Å². The number of anilines is 2. The van der Waals surface area contributed by atoms with Gasteiger partial charge >= 0.3 is 0 Å². The Morgan fingerprint density at radius 1 is 0.853 bits per heavy atom. The molecule has 2 heterocycles. The van der Waals surface area contributed by atoms with Crippen LogP contribution in [0.15, 0.2) is 83.9 Å². The Bertz CT molecular complexity index is 1490. The van der Waals surface area contributed by atoms with Crippen molar-refractivity contribution in [1.82, 2.24) is 4.98 Å². The van der Waals surface area contributed by atoms with Crippen LogP contribution in [0.4, 0.5) is 11.4 Å². The summed E-state index contributed by atoms with van der Waals surface area (Å²) in [4.78, 5) is 17.2. The van der Waals surface area contributed by atoms with Crippen LogP contribution in [0.1, 0.15) is 16.8 Å². The summed E-state index contributed by atoms with van der Waals surface area (Å²) in [7, 11) is -3.91. The molecule has 34 heavy (non-hydrogen) atoms. The van der Waals surface area contributed by atoms with Crippen LogP contribution in [0.2, 0.25) is 0 Å². The lowest BCUT2D eigenvalue weighted by atomic mass is 10.2. The van der Waals surface area contributed by atoms with Gasteiger partial charge in [-0.25, -0.2) is 8.42 Å². The number of rotatable bonds is 5. The quantitative estimate of drug-likeness (QED) is 0.442. The number of ether oxygens (including phenoxy) is 2. The Kier molecular flexibility index (Phi) is 5.77. The Morgan fingerprint density at radius 3 is 2.56 bits per heavy atom. The standard InChI is InChI=1S/C25H21N3O5S/c29-25(27-20-13-17-5-1-2-8-22(17)26-16-20)18-6-3-7-19(14-18)28-34(30,31)21-9-10-23-24(15-21)33-12-4-11-32-23/h1-3,5-10,13-16,28H,4,11-12H2,(H,27,29). The lowest BCUT2D eigenvalue weighted by molar-refractivity contribution is 0.102. The minimum absolute atomic E-state index is 0.0360. The van der Waals surface area contributed by atoms with E-state index in [0.29, 0.717) is 36.0 Å². The van der Waals surface area contributed by atoms with E-state index in [9.17, 15) is 13.2 Å². The number of nitrogens with zero attached hydrogens (tertiary/aromatic N) is 1. The van der Waals surface area contributed by atoms with Gasteiger partial charge in [0, 0.05) is 29.1 Å². The van der Waals surface area contributed by atoms with Gasteiger partial charge in [0.1, 0.15) is 0 Å². The van der Waals surface area contributed by atoms with Crippen molar-refractivity contribution in [3.05, 3.63) is 84.6 Å². The van der Waals surface area contributed by atoms with Crippen molar-refractivity contribution in [3.63, 3.8) is 0 Å². The predicted octanol–water partition coefficient (Wildman–Crippen LogP) is 4.45. The number of aromatic nitrogens is 1. The maximum absolute atomic E-state index is 13.0. The highest BCUT2D eigenvalue weighted by Gasteiger charge is 2.19. The maximum Gasteiger partial charge on any atom is 0.262 e. The van der Waals surface area contributed by atoms with E-state index < -0.39 is 10.0 Å². The number of benzene rings is 3. The van der Waals surface area contributed by atoms with Crippen LogP contribution < -0.4 is 19.5 Å². The second-order valence-electron chi connectivity index (χ2n) is 7.72. The van der Waals surface area contributed by atoms with E-state index in [2.05, 4.69) is 15.0 Å². The molecule has 9 heteroatoms. The van der Waals surface area contributed by atoms with E-state index in [1.807, 2.05) is 30.3 Å². The Labute approximate surface area is 196 Å². The van der Waals surface area contributed by atoms with Gasteiger partial charge in [0.15, 0.2) is 11.5 Å². The Balaban J connectivity index is 1.34. The minimum Gasteiger partial charge on any atom is -0.490 e. The molecular weight excluding hydrogens is 454 g/mol. The van der Waals surface area contributed by atoms with Crippen LogP contribution in [0.25, 0.3) is 10.9 Å². The molecule has 0 unspecified atom stereocenters. The molecule has 1 aromatic heterocycles. The van der Waals surface area contributed by atoms with Crippen molar-refractivity contribution < 1.29 is 22.7 Å². The molecule has 5 rings (SSSR count). The fourth-order valence-electron chi connectivity index (χ4n) is 3.59. The first-order valence-electron chi connectivity index (χ1n) is 10.7. The number of fused-ring (bicyclic) bond motifs is 2. The molecule has 0 saturated heterocycles. The molecule has 172 valence electrons. The summed E-state index contributed by atoms with van der Waals surface area (Å²) in [6, 6.07) is 20.2. The van der Waals surface area contributed by atoms with E-state index in [0.717, 1.165) is 17.3 Å². The van der Waals surface area contributed by atoms with Crippen LogP contribution >= 0.6 is 0 Å². The maximum atomic E-state index is 13.0. The van der Waals surface area contributed by atoms with Crippen molar-refractivity contribution in [3.8, 4) is 11.5 Å². The van der Waals surface area contributed by atoms with E-state index >= 15 is 0 Å². The molecule has 0 atom stereocenters. The summed E-state index contributed by atoms with van der Waals surface area (Å²) in [6.45, 7) is 0.968. The second kappa shape index (κ2) is 9.03. The highest BCUT2D eigenvalue weighted by atomic mass is 32.2. The smallest absolute Gasteiger partial charge is 0.262 e. The number of para-hydroxylation sites is 1. The molecule has 2 N–H and O–H groups in total. The summed E-state index contributed by atoms with van der Waals surface area (Å²) in [6.07, 6.45) is 2.30. The van der Waals surface area contributed by atoms with Gasteiger partial charge in [-0.3, -0.25) is 14.5 Å². The first-order valence-corrected chi connectivity index (χ1v) is 12.1. The van der Waals surface area contributed by atoms with Crippen LogP contribution in [0.5, 0.6) is 11.5 Å². The first kappa shape index (κ1) is 21.7. The molecule has 0 fully saturated rings. The van der Waals surface area contributed by atoms with Gasteiger partial charge in [0.2, 0.25) is 0 Å². The number of nitrogens with one attached hydrogen (secondary N) is 2. The zero-order valence-corrected chi connectivity index (χ0v) is 18.8. The Hall–Kier alpha value is -4.11. The van der Waals surface area contributed by atoms with Gasteiger partial charge in [-0.05, 0) is 42.5 Å². The SMILES string of the molecule is O=C(Nc1cnc2ccccc2c1)c1cccc(NS(=O)(=O)c2ccc3c(c2)OCCCO3)c1. The number of carbonyl (C=O) groups is 1. The zero-order chi connectivity index (χ0) is 23.5. The highest BCUT2D eigenvalue weighted by molar-refractivity contribution is 7.92. The van der Waals surface area contributed by atoms with E-state index in [1.165, 1.54) is 18.2 Å². The van der Waals surface area contributed by atoms with Crippen molar-refractivity contribution in [2.75, 3.05) is 23.3 Å². The van der Waals surface area contributed by atoms with Crippen LogP contribution in [0, 0.1) is 0 Å². The number of sulfonamides is 1. The molecule has 8 nitrogen and oxygen atoms in total. The average Bonchev–Trinajstić information content (AvgIpc) is 3.09. The molecule has 1 aliphatic rings. The van der Waals surface area contributed by atoms with Gasteiger partial charge in [-0.1, -0.05) is 24.3 Å². The Morgan fingerprint density at radius 2 is 1.68 bits per heavy atom. The number of amides is 1. The molecule has 0 spiro atoms. The number of hydrogen-bond acceptors (Lipinski definition) is 6. The summed E-state index contributed by atoms with van der Waals surface area (Å²) in [5.74, 6) is 0.518. The molecule has 0 aliphatic carbocycles. The molecule has 3 aromatic carbocycles. The fraction of sp³-hybridized carbons (Fsp3) is 0.120. The molecule has 1 amide bonds. The third kappa shape index (κ3) is 4.65. The lowest BCUT2D eigenvalue weighted by Gasteiger charge is -2.12. The zero-order valence-electron chi connectivity index (χ0n) is 18.0. The molecule has 0 bridgehead atoms. The summed E-state index contributed by atoms with van der Waals surface area (Å²) >= 11 is 0. The normalized spacial score (nSPS) is 13.2. The highest BCUT2D eigenvalue weighted by Crippen LogP contribution is 2.32. The van der Waals surface area contributed by atoms with Crippen LogP contribution in [-0.4, -0.2) is 32.5 Å². The topological polar surface area (TPSA) is 107 Å². The second-order valence-corrected chi connectivity index (χ2v) is 9.40. The van der Waals surface area contributed by atoms with Crippen LogP contribution in [0.3, 0.4) is 0 Å². The van der Waals surface area contributed by atoms with E-state index in [4.69, 9.17) is 9.47 Å². The van der Waals surface area contributed by atoms with Gasteiger partial charge in [-0.2, -0.15) is 0 Å². The van der Waals surface area contributed by atoms with Gasteiger partial charge < -0.3 is 14.8 Å². The lowest BCUT2D eigenvalue weighted by Crippen LogP contribution is -2.15. The largest absolute Gasteiger partial charge is 0.490 e. The van der Waals surface area contributed by atoms with E-state index in [-0.39, 0.29) is 16.5 Å². The third-order valence-corrected chi connectivity index (χ3v) is 6.63. The third-order valence-electron chi connectivity index (χ3n) is 5.25. The van der Waals surface area contributed by atoms with E-state index in [1.54, 1.807) is 30.5 Å². The van der Waals surface area contributed by atoms with Crippen molar-refractivity contribution in [2.45, 2.75) is 11.3 Å². The van der Waals surface area contributed by atoms with Crippen LogP contribution in [-0.2, 0) is 10.0 Å². The number of hydrogen-bond donors (Lipinski definition) is 2. The molecular formula is C25H21N3O5S. The summed E-state index contributed by atoms with van der Waals surface area (Å²) < 4.78 is 39.6. The summed E-state index contributed by atoms with van der Waals surface area (Å²) in [5.41, 5.74) is 1.93. The molecule has 0 saturated carbocycles. The van der Waals surface area contributed by atoms with Crippen molar-refractivity contribution in [2.24, 2.45) is 0 Å². The molecule has 4 aromatic rings. The predicted molar refractivity (Wildman–Crippen MR) is 129 cm³/mol. The van der Waals surface area contributed by atoms with Crippen molar-refractivity contribution in [1.29, 1.82) is 0 Å². The first-order chi connectivity index (χ1) is 16.5. The van der Waals surface area contributed by atoms with Gasteiger partial charge in [0.25, 0.3) is 15.9 Å². The number of pyridine rings is 1. The van der Waals surface area contributed by atoms with Gasteiger partial charge in [0.05, 0.1) is 35.5 Å². The molecule has 0 radical (unpaired) electrons.